The van der Waals surface area contributed by atoms with E-state index < -0.39 is 0 Å². The number of hydrogen-bond acceptors (Lipinski definition) is 2. The lowest BCUT2D eigenvalue weighted by molar-refractivity contribution is -0.0337. The van der Waals surface area contributed by atoms with Gasteiger partial charge in [-0.3, -0.25) is 4.90 Å². The van der Waals surface area contributed by atoms with Crippen molar-refractivity contribution in [2.45, 2.75) is 12.5 Å². The van der Waals surface area contributed by atoms with E-state index in [0.717, 1.165) is 19.8 Å². The summed E-state index contributed by atoms with van der Waals surface area (Å²) in [6, 6.07) is 11.2. The van der Waals surface area contributed by atoms with Crippen LogP contribution < -0.4 is 0 Å². The zero-order valence-electron chi connectivity index (χ0n) is 7.94. The summed E-state index contributed by atoms with van der Waals surface area (Å²) in [6.45, 7) is 1.63. The lowest BCUT2D eigenvalue weighted by Gasteiger charge is -2.32. The van der Waals surface area contributed by atoms with Crippen molar-refractivity contribution in [3.63, 3.8) is 0 Å². The smallest absolute Gasteiger partial charge is 0.0992 e. The second-order valence-corrected chi connectivity index (χ2v) is 3.51. The Hall–Kier alpha value is -0.860. The van der Waals surface area contributed by atoms with Gasteiger partial charge in [-0.15, -0.1) is 0 Å². The third kappa shape index (κ3) is 1.90. The van der Waals surface area contributed by atoms with Crippen LogP contribution in [0.15, 0.2) is 30.3 Å². The standard InChI is InChI=1S/C11H15NO/c1-12-9-13-8-7-11(12)10-5-3-2-4-6-10/h2-6,11H,7-9H2,1H3/t11-/m0/s1. The fourth-order valence-corrected chi connectivity index (χ4v) is 1.81. The molecule has 0 radical (unpaired) electrons. The van der Waals surface area contributed by atoms with Gasteiger partial charge in [-0.1, -0.05) is 30.3 Å². The third-order valence-electron chi connectivity index (χ3n) is 2.55. The molecule has 0 unspecified atom stereocenters. The maximum atomic E-state index is 5.36. The number of benzene rings is 1. The molecule has 70 valence electrons. The molecule has 2 heteroatoms. The minimum absolute atomic E-state index is 0.537. The predicted molar refractivity (Wildman–Crippen MR) is 52.4 cm³/mol. The Morgan fingerprint density at radius 1 is 1.31 bits per heavy atom. The first-order chi connectivity index (χ1) is 6.38. The second kappa shape index (κ2) is 3.90. The fourth-order valence-electron chi connectivity index (χ4n) is 1.81. The van der Waals surface area contributed by atoms with Gasteiger partial charge in [0.2, 0.25) is 0 Å². The topological polar surface area (TPSA) is 12.5 Å². The van der Waals surface area contributed by atoms with Crippen LogP contribution in [0.3, 0.4) is 0 Å². The van der Waals surface area contributed by atoms with Gasteiger partial charge < -0.3 is 4.74 Å². The fraction of sp³-hybridized carbons (Fsp3) is 0.455. The molecule has 2 nitrogen and oxygen atoms in total. The number of hydrogen-bond donors (Lipinski definition) is 0. The van der Waals surface area contributed by atoms with Crippen molar-refractivity contribution in [3.05, 3.63) is 35.9 Å². The summed E-state index contributed by atoms with van der Waals surface area (Å²) >= 11 is 0. The predicted octanol–water partition coefficient (Wildman–Crippen LogP) is 2.04. The summed E-state index contributed by atoms with van der Waals surface area (Å²) < 4.78 is 5.36. The zero-order chi connectivity index (χ0) is 9.10. The third-order valence-corrected chi connectivity index (χ3v) is 2.55. The highest BCUT2D eigenvalue weighted by molar-refractivity contribution is 5.19. The van der Waals surface area contributed by atoms with Crippen LogP contribution in [0.25, 0.3) is 0 Å². The van der Waals surface area contributed by atoms with Crippen LogP contribution in [0.4, 0.5) is 0 Å². The molecule has 1 aromatic carbocycles. The van der Waals surface area contributed by atoms with Crippen molar-refractivity contribution in [3.8, 4) is 0 Å². The molecule has 1 fully saturated rings. The molecule has 1 atom stereocenters. The van der Waals surface area contributed by atoms with E-state index in [9.17, 15) is 0 Å². The van der Waals surface area contributed by atoms with Crippen molar-refractivity contribution in [2.75, 3.05) is 20.4 Å². The lowest BCUT2D eigenvalue weighted by atomic mass is 10.0. The molecule has 1 aromatic rings. The van der Waals surface area contributed by atoms with E-state index in [-0.39, 0.29) is 0 Å². The maximum absolute atomic E-state index is 5.36. The average molecular weight is 177 g/mol. The average Bonchev–Trinajstić information content (AvgIpc) is 2.20. The summed E-state index contributed by atoms with van der Waals surface area (Å²) in [6.07, 6.45) is 1.10. The zero-order valence-corrected chi connectivity index (χ0v) is 7.94. The van der Waals surface area contributed by atoms with E-state index in [2.05, 4.69) is 42.3 Å². The van der Waals surface area contributed by atoms with Crippen molar-refractivity contribution in [2.24, 2.45) is 0 Å². The summed E-state index contributed by atoms with van der Waals surface area (Å²) in [5.74, 6) is 0. The van der Waals surface area contributed by atoms with E-state index in [1.165, 1.54) is 5.56 Å². The molecule has 0 spiro atoms. The van der Waals surface area contributed by atoms with Crippen molar-refractivity contribution >= 4 is 0 Å². The van der Waals surface area contributed by atoms with Gasteiger partial charge in [0, 0.05) is 6.04 Å². The normalized spacial score (nSPS) is 24.5. The molecule has 1 heterocycles. The van der Waals surface area contributed by atoms with E-state index in [1.54, 1.807) is 0 Å². The van der Waals surface area contributed by atoms with E-state index >= 15 is 0 Å². The van der Waals surface area contributed by atoms with Crippen molar-refractivity contribution < 1.29 is 4.74 Å². The Bertz CT molecular complexity index is 260. The molecule has 0 aliphatic carbocycles. The molecule has 13 heavy (non-hydrogen) atoms. The molecular weight excluding hydrogens is 162 g/mol. The minimum atomic E-state index is 0.537. The van der Waals surface area contributed by atoms with Gasteiger partial charge in [0.15, 0.2) is 0 Å². The van der Waals surface area contributed by atoms with E-state index in [0.29, 0.717) is 6.04 Å². The molecule has 0 N–H and O–H groups in total. The van der Waals surface area contributed by atoms with Crippen LogP contribution in [0.5, 0.6) is 0 Å². The summed E-state index contributed by atoms with van der Waals surface area (Å²) in [5, 5.41) is 0. The van der Waals surface area contributed by atoms with Crippen LogP contribution in [0, 0.1) is 0 Å². The molecule has 0 aromatic heterocycles. The maximum Gasteiger partial charge on any atom is 0.0992 e. The van der Waals surface area contributed by atoms with Crippen LogP contribution in [0.1, 0.15) is 18.0 Å². The molecule has 1 saturated heterocycles. The monoisotopic (exact) mass is 177 g/mol. The Morgan fingerprint density at radius 3 is 2.77 bits per heavy atom. The first-order valence-electron chi connectivity index (χ1n) is 4.71. The highest BCUT2D eigenvalue weighted by Crippen LogP contribution is 2.25. The Labute approximate surface area is 79.1 Å². The molecular formula is C11H15NO. The van der Waals surface area contributed by atoms with Gasteiger partial charge in [-0.05, 0) is 19.0 Å². The van der Waals surface area contributed by atoms with Gasteiger partial charge in [-0.25, -0.2) is 0 Å². The van der Waals surface area contributed by atoms with Crippen LogP contribution in [0.2, 0.25) is 0 Å². The molecule has 1 aliphatic rings. The number of nitrogens with zero attached hydrogens (tertiary/aromatic N) is 1. The molecule has 0 bridgehead atoms. The van der Waals surface area contributed by atoms with Gasteiger partial charge in [0.1, 0.15) is 0 Å². The van der Waals surface area contributed by atoms with Crippen LogP contribution >= 0.6 is 0 Å². The first kappa shape index (κ1) is 8.73. The second-order valence-electron chi connectivity index (χ2n) is 3.51. The largest absolute Gasteiger partial charge is 0.366 e. The van der Waals surface area contributed by atoms with Crippen molar-refractivity contribution in [1.29, 1.82) is 0 Å². The van der Waals surface area contributed by atoms with Gasteiger partial charge in [-0.2, -0.15) is 0 Å². The molecule has 1 aliphatic heterocycles. The lowest BCUT2D eigenvalue weighted by Crippen LogP contribution is -2.32. The summed E-state index contributed by atoms with van der Waals surface area (Å²) in [7, 11) is 2.11. The first-order valence-corrected chi connectivity index (χ1v) is 4.71. The van der Waals surface area contributed by atoms with Crippen LogP contribution in [-0.2, 0) is 4.74 Å². The Kier molecular flexibility index (Phi) is 2.62. The quantitative estimate of drug-likeness (QED) is 0.651. The van der Waals surface area contributed by atoms with E-state index in [4.69, 9.17) is 4.74 Å². The molecule has 0 saturated carbocycles. The molecule has 2 rings (SSSR count). The highest BCUT2D eigenvalue weighted by atomic mass is 16.5. The van der Waals surface area contributed by atoms with E-state index in [1.807, 2.05) is 0 Å². The SMILES string of the molecule is CN1COCC[C@H]1c1ccccc1. The Morgan fingerprint density at radius 2 is 2.08 bits per heavy atom. The number of rotatable bonds is 1. The van der Waals surface area contributed by atoms with Gasteiger partial charge in [0.25, 0.3) is 0 Å². The summed E-state index contributed by atoms with van der Waals surface area (Å²) in [5.41, 5.74) is 1.40. The van der Waals surface area contributed by atoms with Gasteiger partial charge >= 0.3 is 0 Å². The Balaban J connectivity index is 2.15. The van der Waals surface area contributed by atoms with Gasteiger partial charge in [0.05, 0.1) is 13.3 Å². The molecule has 0 amide bonds. The highest BCUT2D eigenvalue weighted by Gasteiger charge is 2.20. The minimum Gasteiger partial charge on any atom is -0.366 e. The van der Waals surface area contributed by atoms with Crippen molar-refractivity contribution in [1.82, 2.24) is 4.90 Å². The van der Waals surface area contributed by atoms with Crippen LogP contribution in [-0.4, -0.2) is 25.3 Å². The number of ether oxygens (including phenoxy) is 1. The summed E-state index contributed by atoms with van der Waals surface area (Å²) in [4.78, 5) is 2.25.